The lowest BCUT2D eigenvalue weighted by molar-refractivity contribution is -0.126. The highest BCUT2D eigenvalue weighted by molar-refractivity contribution is 6.00. The minimum atomic E-state index is -0.581. The largest absolute Gasteiger partial charge is 0.310 e. The molecule has 2 rings (SSSR count). The number of nitrogens with zero attached hydrogens (tertiary/aromatic N) is 1. The van der Waals surface area contributed by atoms with Crippen molar-refractivity contribution >= 4 is 11.6 Å². The van der Waals surface area contributed by atoms with Gasteiger partial charge in [0.15, 0.2) is 0 Å². The molecule has 1 fully saturated rings. The van der Waals surface area contributed by atoms with Crippen LogP contribution in [0.2, 0.25) is 0 Å². The van der Waals surface area contributed by atoms with Gasteiger partial charge in [-0.1, -0.05) is 18.2 Å². The quantitative estimate of drug-likeness (QED) is 0.902. The summed E-state index contributed by atoms with van der Waals surface area (Å²) in [5.41, 5.74) is 0.251. The number of hydrogen-bond donors (Lipinski definition) is 2. The Morgan fingerprint density at radius 1 is 1.18 bits per heavy atom. The van der Waals surface area contributed by atoms with Gasteiger partial charge in [-0.05, 0) is 53.7 Å². The van der Waals surface area contributed by atoms with Crippen LogP contribution in [0.15, 0.2) is 30.3 Å². The van der Waals surface area contributed by atoms with E-state index in [1.54, 1.807) is 0 Å². The number of piperazine rings is 1. The highest BCUT2D eigenvalue weighted by Gasteiger charge is 2.46. The van der Waals surface area contributed by atoms with Gasteiger partial charge in [0.1, 0.15) is 0 Å². The first-order chi connectivity index (χ1) is 10.0. The zero-order valence-electron chi connectivity index (χ0n) is 14.7. The smallest absolute Gasteiger partial charge is 0.246 e. The summed E-state index contributed by atoms with van der Waals surface area (Å²) in [5.74, 6) is 0.118. The second-order valence-corrected chi connectivity index (χ2v) is 8.14. The van der Waals surface area contributed by atoms with E-state index in [4.69, 9.17) is 0 Å². The summed E-state index contributed by atoms with van der Waals surface area (Å²) >= 11 is 0. The standard InChI is InChI=1S/C18H29N3O/c1-16(2,3)19-12-18(6)13-21(14-10-8-7-9-11-14)15(22)17(4,5)20-18/h7-11,19-20H,12-13H2,1-6H3. The Morgan fingerprint density at radius 3 is 2.32 bits per heavy atom. The molecule has 1 aromatic rings. The fourth-order valence-corrected chi connectivity index (χ4v) is 2.98. The monoisotopic (exact) mass is 303 g/mol. The molecular weight excluding hydrogens is 274 g/mol. The number of carbonyl (C=O) groups excluding carboxylic acids is 1. The third-order valence-electron chi connectivity index (χ3n) is 3.98. The van der Waals surface area contributed by atoms with Crippen molar-refractivity contribution in [1.82, 2.24) is 10.6 Å². The molecule has 4 heteroatoms. The lowest BCUT2D eigenvalue weighted by Crippen LogP contribution is -2.73. The van der Waals surface area contributed by atoms with Gasteiger partial charge in [-0.25, -0.2) is 0 Å². The molecule has 0 spiro atoms. The van der Waals surface area contributed by atoms with Crippen LogP contribution in [0.25, 0.3) is 0 Å². The first-order valence-corrected chi connectivity index (χ1v) is 7.94. The molecule has 0 bridgehead atoms. The van der Waals surface area contributed by atoms with Gasteiger partial charge in [0, 0.05) is 29.9 Å². The van der Waals surface area contributed by atoms with Crippen molar-refractivity contribution < 1.29 is 4.79 Å². The first kappa shape index (κ1) is 17.0. The molecule has 2 N–H and O–H groups in total. The van der Waals surface area contributed by atoms with Gasteiger partial charge >= 0.3 is 0 Å². The van der Waals surface area contributed by atoms with Gasteiger partial charge in [-0.3, -0.25) is 10.1 Å². The van der Waals surface area contributed by atoms with Gasteiger partial charge in [-0.2, -0.15) is 0 Å². The Kier molecular flexibility index (Phi) is 4.37. The van der Waals surface area contributed by atoms with Crippen LogP contribution in [0, 0.1) is 0 Å². The van der Waals surface area contributed by atoms with Gasteiger partial charge in [0.2, 0.25) is 5.91 Å². The molecule has 1 unspecified atom stereocenters. The van der Waals surface area contributed by atoms with Gasteiger partial charge in [-0.15, -0.1) is 0 Å². The van der Waals surface area contributed by atoms with E-state index in [1.807, 2.05) is 49.1 Å². The Balaban J connectivity index is 2.26. The Hall–Kier alpha value is -1.39. The van der Waals surface area contributed by atoms with E-state index < -0.39 is 5.54 Å². The summed E-state index contributed by atoms with van der Waals surface area (Å²) in [5, 5.41) is 7.09. The SMILES string of the molecule is CC(C)(C)NCC1(C)CN(c2ccccc2)C(=O)C(C)(C)N1. The molecule has 122 valence electrons. The number of amides is 1. The molecule has 4 nitrogen and oxygen atoms in total. The van der Waals surface area contributed by atoms with Crippen molar-refractivity contribution in [3.05, 3.63) is 30.3 Å². The van der Waals surface area contributed by atoms with Crippen LogP contribution in [-0.4, -0.2) is 35.6 Å². The van der Waals surface area contributed by atoms with E-state index in [2.05, 4.69) is 38.3 Å². The minimum Gasteiger partial charge on any atom is -0.310 e. The third kappa shape index (κ3) is 3.87. The number of nitrogens with one attached hydrogen (secondary N) is 2. The van der Waals surface area contributed by atoms with Crippen LogP contribution in [0.1, 0.15) is 41.5 Å². The molecule has 1 aliphatic heterocycles. The molecule has 1 atom stereocenters. The van der Waals surface area contributed by atoms with Crippen LogP contribution < -0.4 is 15.5 Å². The Labute approximate surface area is 134 Å². The van der Waals surface area contributed by atoms with Crippen molar-refractivity contribution in [3.63, 3.8) is 0 Å². The fourth-order valence-electron chi connectivity index (χ4n) is 2.98. The Bertz CT molecular complexity index is 533. The predicted octanol–water partition coefficient (Wildman–Crippen LogP) is 2.55. The van der Waals surface area contributed by atoms with E-state index in [9.17, 15) is 4.79 Å². The second kappa shape index (κ2) is 5.67. The van der Waals surface area contributed by atoms with Crippen molar-refractivity contribution in [1.29, 1.82) is 0 Å². The number of benzene rings is 1. The molecule has 0 aliphatic carbocycles. The molecule has 0 saturated carbocycles. The van der Waals surface area contributed by atoms with Gasteiger partial charge < -0.3 is 10.2 Å². The van der Waals surface area contributed by atoms with Crippen molar-refractivity contribution in [3.8, 4) is 0 Å². The van der Waals surface area contributed by atoms with E-state index in [0.29, 0.717) is 6.54 Å². The van der Waals surface area contributed by atoms with E-state index >= 15 is 0 Å². The lowest BCUT2D eigenvalue weighted by Gasteiger charge is -2.49. The van der Waals surface area contributed by atoms with Crippen molar-refractivity contribution in [2.24, 2.45) is 0 Å². The summed E-state index contributed by atoms with van der Waals surface area (Å²) in [6.07, 6.45) is 0. The first-order valence-electron chi connectivity index (χ1n) is 7.94. The summed E-state index contributed by atoms with van der Waals surface area (Å²) in [4.78, 5) is 14.7. The number of para-hydroxylation sites is 1. The van der Waals surface area contributed by atoms with Crippen LogP contribution in [0.5, 0.6) is 0 Å². The van der Waals surface area contributed by atoms with Crippen molar-refractivity contribution in [2.45, 2.75) is 58.2 Å². The summed E-state index contributed by atoms with van der Waals surface area (Å²) < 4.78 is 0. The maximum absolute atomic E-state index is 12.8. The van der Waals surface area contributed by atoms with E-state index in [0.717, 1.165) is 12.2 Å². The molecule has 1 saturated heterocycles. The third-order valence-corrected chi connectivity index (χ3v) is 3.98. The fraction of sp³-hybridized carbons (Fsp3) is 0.611. The molecule has 1 aromatic carbocycles. The molecular formula is C18H29N3O. The predicted molar refractivity (Wildman–Crippen MR) is 92.2 cm³/mol. The normalized spacial score (nSPS) is 25.4. The highest BCUT2D eigenvalue weighted by atomic mass is 16.2. The van der Waals surface area contributed by atoms with Crippen LogP contribution in [-0.2, 0) is 4.79 Å². The second-order valence-electron chi connectivity index (χ2n) is 8.14. The van der Waals surface area contributed by atoms with Crippen LogP contribution in [0.3, 0.4) is 0 Å². The summed E-state index contributed by atoms with van der Waals surface area (Å²) in [6.45, 7) is 14.0. The molecule has 0 aromatic heterocycles. The average Bonchev–Trinajstić information content (AvgIpc) is 2.41. The maximum atomic E-state index is 12.8. The number of carbonyl (C=O) groups is 1. The maximum Gasteiger partial charge on any atom is 0.246 e. The molecule has 22 heavy (non-hydrogen) atoms. The van der Waals surface area contributed by atoms with Gasteiger partial charge in [0.05, 0.1) is 5.54 Å². The Morgan fingerprint density at radius 2 is 1.77 bits per heavy atom. The summed E-state index contributed by atoms with van der Waals surface area (Å²) in [6, 6.07) is 9.92. The lowest BCUT2D eigenvalue weighted by atomic mass is 9.88. The zero-order chi connectivity index (χ0) is 16.6. The molecule has 1 heterocycles. The topological polar surface area (TPSA) is 44.4 Å². The zero-order valence-corrected chi connectivity index (χ0v) is 14.7. The molecule has 0 radical (unpaired) electrons. The van der Waals surface area contributed by atoms with Crippen LogP contribution >= 0.6 is 0 Å². The number of hydrogen-bond acceptors (Lipinski definition) is 3. The highest BCUT2D eigenvalue weighted by Crippen LogP contribution is 2.27. The van der Waals surface area contributed by atoms with E-state index in [-0.39, 0.29) is 17.0 Å². The number of anilines is 1. The average molecular weight is 303 g/mol. The minimum absolute atomic E-state index is 0.0495. The number of rotatable bonds is 3. The molecule has 1 aliphatic rings. The van der Waals surface area contributed by atoms with E-state index in [1.165, 1.54) is 0 Å². The molecule has 1 amide bonds. The van der Waals surface area contributed by atoms with Crippen molar-refractivity contribution in [2.75, 3.05) is 18.0 Å². The van der Waals surface area contributed by atoms with Crippen LogP contribution in [0.4, 0.5) is 5.69 Å². The van der Waals surface area contributed by atoms with Gasteiger partial charge in [0.25, 0.3) is 0 Å². The summed E-state index contributed by atoms with van der Waals surface area (Å²) in [7, 11) is 0.